The van der Waals surface area contributed by atoms with Gasteiger partial charge in [-0.3, -0.25) is 9.78 Å². The Morgan fingerprint density at radius 3 is 2.75 bits per heavy atom. The highest BCUT2D eigenvalue weighted by Crippen LogP contribution is 2.27. The number of carbonyl (C=O) groups is 1. The van der Waals surface area contributed by atoms with Gasteiger partial charge >= 0.3 is 5.97 Å². The van der Waals surface area contributed by atoms with Gasteiger partial charge in [0.1, 0.15) is 5.01 Å². The predicted molar refractivity (Wildman–Crippen MR) is 61.4 cm³/mol. The van der Waals surface area contributed by atoms with Gasteiger partial charge in [0, 0.05) is 22.8 Å². The lowest BCUT2D eigenvalue weighted by Gasteiger charge is -1.92. The molecule has 0 aliphatic heterocycles. The van der Waals surface area contributed by atoms with Crippen molar-refractivity contribution in [1.29, 1.82) is 0 Å². The summed E-state index contributed by atoms with van der Waals surface area (Å²) < 4.78 is 0. The molecule has 0 amide bonds. The van der Waals surface area contributed by atoms with Gasteiger partial charge in [0.15, 0.2) is 0 Å². The minimum Gasteiger partial charge on any atom is -0.481 e. The number of hydrogen-bond acceptors (Lipinski definition) is 4. The first-order chi connectivity index (χ1) is 7.66. The minimum absolute atomic E-state index is 0.0363. The van der Waals surface area contributed by atoms with Gasteiger partial charge in [0.25, 0.3) is 0 Å². The molecule has 0 fully saturated rings. The zero-order valence-electron chi connectivity index (χ0n) is 8.67. The van der Waals surface area contributed by atoms with Crippen molar-refractivity contribution in [3.8, 4) is 10.6 Å². The summed E-state index contributed by atoms with van der Waals surface area (Å²) in [6.45, 7) is 1.83. The van der Waals surface area contributed by atoms with Crippen LogP contribution in [0.25, 0.3) is 10.6 Å². The monoisotopic (exact) mass is 234 g/mol. The Kier molecular flexibility index (Phi) is 2.96. The van der Waals surface area contributed by atoms with Crippen LogP contribution in [0, 0.1) is 6.92 Å². The highest BCUT2D eigenvalue weighted by atomic mass is 32.1. The molecule has 0 bridgehead atoms. The van der Waals surface area contributed by atoms with E-state index >= 15 is 0 Å². The molecule has 2 aromatic rings. The molecule has 0 aliphatic rings. The fourth-order valence-corrected chi connectivity index (χ4v) is 2.41. The molecule has 2 heterocycles. The van der Waals surface area contributed by atoms with Crippen molar-refractivity contribution in [1.82, 2.24) is 9.97 Å². The maximum absolute atomic E-state index is 10.6. The van der Waals surface area contributed by atoms with Crippen molar-refractivity contribution in [3.05, 3.63) is 35.1 Å². The van der Waals surface area contributed by atoms with E-state index in [0.29, 0.717) is 0 Å². The average molecular weight is 234 g/mol. The summed E-state index contributed by atoms with van der Waals surface area (Å²) in [6, 6.07) is 3.73. The summed E-state index contributed by atoms with van der Waals surface area (Å²) in [5.74, 6) is -0.826. The molecule has 0 aromatic carbocycles. The van der Waals surface area contributed by atoms with Gasteiger partial charge in [-0.25, -0.2) is 4.98 Å². The molecule has 2 aromatic heterocycles. The quantitative estimate of drug-likeness (QED) is 0.883. The lowest BCUT2D eigenvalue weighted by Crippen LogP contribution is -1.99. The smallest absolute Gasteiger partial charge is 0.308 e. The van der Waals surface area contributed by atoms with Gasteiger partial charge in [0.05, 0.1) is 12.1 Å². The van der Waals surface area contributed by atoms with E-state index in [9.17, 15) is 4.79 Å². The third-order valence-corrected chi connectivity index (χ3v) is 3.34. The Morgan fingerprint density at radius 2 is 2.12 bits per heavy atom. The second-order valence-electron chi connectivity index (χ2n) is 3.33. The summed E-state index contributed by atoms with van der Waals surface area (Å²) >= 11 is 1.42. The molecule has 82 valence electrons. The van der Waals surface area contributed by atoms with Gasteiger partial charge in [0.2, 0.25) is 0 Å². The number of nitrogens with zero attached hydrogens (tertiary/aromatic N) is 2. The van der Waals surface area contributed by atoms with Crippen molar-refractivity contribution in [2.45, 2.75) is 13.3 Å². The van der Waals surface area contributed by atoms with E-state index < -0.39 is 5.97 Å². The number of aliphatic carboxylic acids is 1. The Labute approximate surface area is 96.6 Å². The van der Waals surface area contributed by atoms with E-state index in [1.807, 2.05) is 19.1 Å². The van der Waals surface area contributed by atoms with Crippen LogP contribution < -0.4 is 0 Å². The van der Waals surface area contributed by atoms with Crippen LogP contribution in [0.1, 0.15) is 10.6 Å². The highest BCUT2D eigenvalue weighted by Gasteiger charge is 2.11. The maximum atomic E-state index is 10.6. The minimum atomic E-state index is -0.826. The molecule has 0 spiro atoms. The summed E-state index contributed by atoms with van der Waals surface area (Å²) in [5.41, 5.74) is 1.76. The van der Waals surface area contributed by atoms with E-state index in [1.54, 1.807) is 12.4 Å². The van der Waals surface area contributed by atoms with E-state index in [0.717, 1.165) is 21.1 Å². The molecule has 1 N–H and O–H groups in total. The van der Waals surface area contributed by atoms with Crippen LogP contribution in [-0.4, -0.2) is 21.0 Å². The number of rotatable bonds is 3. The van der Waals surface area contributed by atoms with Crippen molar-refractivity contribution < 1.29 is 9.90 Å². The van der Waals surface area contributed by atoms with Gasteiger partial charge < -0.3 is 5.11 Å². The largest absolute Gasteiger partial charge is 0.481 e. The molecule has 4 nitrogen and oxygen atoms in total. The molecular weight excluding hydrogens is 224 g/mol. The first kappa shape index (κ1) is 10.8. The fraction of sp³-hybridized carbons (Fsp3) is 0.182. The van der Waals surface area contributed by atoms with Gasteiger partial charge in [-0.15, -0.1) is 11.3 Å². The number of aromatic nitrogens is 2. The first-order valence-corrected chi connectivity index (χ1v) is 5.57. The second-order valence-corrected chi connectivity index (χ2v) is 4.42. The summed E-state index contributed by atoms with van der Waals surface area (Å²) in [5, 5.41) is 9.58. The summed E-state index contributed by atoms with van der Waals surface area (Å²) in [6.07, 6.45) is 3.43. The molecule has 16 heavy (non-hydrogen) atoms. The topological polar surface area (TPSA) is 63.1 Å². The Hall–Kier alpha value is -1.75. The standard InChI is InChI=1S/C11H10N2O2S/c1-7-9(6-10(14)15)16-11(13-7)8-2-4-12-5-3-8/h2-5H,6H2,1H3,(H,14,15). The van der Waals surface area contributed by atoms with E-state index in [4.69, 9.17) is 5.11 Å². The lowest BCUT2D eigenvalue weighted by molar-refractivity contribution is -0.136. The van der Waals surface area contributed by atoms with Crippen LogP contribution in [0.15, 0.2) is 24.5 Å². The molecule has 0 atom stereocenters. The third-order valence-electron chi connectivity index (χ3n) is 2.13. The van der Waals surface area contributed by atoms with Crippen molar-refractivity contribution >= 4 is 17.3 Å². The van der Waals surface area contributed by atoms with Crippen molar-refractivity contribution in [2.24, 2.45) is 0 Å². The van der Waals surface area contributed by atoms with Crippen LogP contribution >= 0.6 is 11.3 Å². The Bertz CT molecular complexity index is 508. The number of thiazole rings is 1. The van der Waals surface area contributed by atoms with Crippen LogP contribution in [-0.2, 0) is 11.2 Å². The van der Waals surface area contributed by atoms with E-state index in [2.05, 4.69) is 9.97 Å². The van der Waals surface area contributed by atoms with E-state index in [1.165, 1.54) is 11.3 Å². The average Bonchev–Trinajstić information content (AvgIpc) is 2.61. The van der Waals surface area contributed by atoms with Crippen LogP contribution in [0.3, 0.4) is 0 Å². The predicted octanol–water partition coefficient (Wildman–Crippen LogP) is 2.14. The Balaban J connectivity index is 2.34. The number of carboxylic acid groups (broad SMARTS) is 1. The van der Waals surface area contributed by atoms with Gasteiger partial charge in [-0.1, -0.05) is 0 Å². The number of aryl methyl sites for hydroxylation is 1. The molecule has 0 aliphatic carbocycles. The first-order valence-electron chi connectivity index (χ1n) is 4.75. The normalized spacial score (nSPS) is 10.3. The Morgan fingerprint density at radius 1 is 1.44 bits per heavy atom. The number of hydrogen-bond donors (Lipinski definition) is 1. The second kappa shape index (κ2) is 4.40. The van der Waals surface area contributed by atoms with Gasteiger partial charge in [-0.2, -0.15) is 0 Å². The van der Waals surface area contributed by atoms with Crippen LogP contribution in [0.2, 0.25) is 0 Å². The van der Waals surface area contributed by atoms with Gasteiger partial charge in [-0.05, 0) is 19.1 Å². The molecule has 0 saturated carbocycles. The van der Waals surface area contributed by atoms with E-state index in [-0.39, 0.29) is 6.42 Å². The summed E-state index contributed by atoms with van der Waals surface area (Å²) in [4.78, 5) is 19.7. The fourth-order valence-electron chi connectivity index (χ4n) is 1.35. The molecule has 0 saturated heterocycles. The van der Waals surface area contributed by atoms with Crippen LogP contribution in [0.4, 0.5) is 0 Å². The molecule has 0 radical (unpaired) electrons. The number of carboxylic acids is 1. The van der Waals surface area contributed by atoms with Crippen LogP contribution in [0.5, 0.6) is 0 Å². The molecular formula is C11H10N2O2S. The zero-order chi connectivity index (χ0) is 11.5. The highest BCUT2D eigenvalue weighted by molar-refractivity contribution is 7.15. The SMILES string of the molecule is Cc1nc(-c2ccncc2)sc1CC(=O)O. The molecule has 0 unspecified atom stereocenters. The summed E-state index contributed by atoms with van der Waals surface area (Å²) in [7, 11) is 0. The molecule has 2 rings (SSSR count). The number of pyridine rings is 1. The zero-order valence-corrected chi connectivity index (χ0v) is 9.49. The van der Waals surface area contributed by atoms with Crippen molar-refractivity contribution in [2.75, 3.05) is 0 Å². The third kappa shape index (κ3) is 2.25. The lowest BCUT2D eigenvalue weighted by atomic mass is 10.3. The maximum Gasteiger partial charge on any atom is 0.308 e. The molecule has 5 heteroatoms. The van der Waals surface area contributed by atoms with Crippen molar-refractivity contribution in [3.63, 3.8) is 0 Å².